The van der Waals surface area contributed by atoms with Crippen molar-refractivity contribution < 1.29 is 4.74 Å². The molecule has 0 unspecified atom stereocenters. The summed E-state index contributed by atoms with van der Waals surface area (Å²) in [6.45, 7) is 9.70. The average molecular weight is 550 g/mol. The smallest absolute Gasteiger partial charge is 0.194 e. The Morgan fingerprint density at radius 3 is 2.53 bits per heavy atom. The molecule has 8 heteroatoms. The van der Waals surface area contributed by atoms with Gasteiger partial charge in [-0.05, 0) is 49.6 Å². The molecule has 7 nitrogen and oxygen atoms in total. The SMILES string of the molecule is CCNC(=NCc1ccnc(N2CCCC2)c1)N1CCN(c2cccc(OC)c2)CC1.I. The topological polar surface area (TPSA) is 56.2 Å². The summed E-state index contributed by atoms with van der Waals surface area (Å²) in [6.07, 6.45) is 4.44. The summed E-state index contributed by atoms with van der Waals surface area (Å²) in [7, 11) is 1.72. The molecule has 0 saturated carbocycles. The van der Waals surface area contributed by atoms with Gasteiger partial charge in [-0.1, -0.05) is 6.07 Å². The number of nitrogens with one attached hydrogen (secondary N) is 1. The number of piperazine rings is 1. The van der Waals surface area contributed by atoms with Crippen LogP contribution in [0.15, 0.2) is 47.6 Å². The predicted octanol–water partition coefficient (Wildman–Crippen LogP) is 3.60. The Bertz CT molecular complexity index is 878. The van der Waals surface area contributed by atoms with Crippen molar-refractivity contribution in [2.75, 3.05) is 62.7 Å². The van der Waals surface area contributed by atoms with Gasteiger partial charge in [0.15, 0.2) is 5.96 Å². The van der Waals surface area contributed by atoms with Crippen LogP contribution >= 0.6 is 24.0 Å². The zero-order valence-corrected chi connectivity index (χ0v) is 21.5. The van der Waals surface area contributed by atoms with Gasteiger partial charge in [0, 0.05) is 63.8 Å². The first-order valence-electron chi connectivity index (χ1n) is 11.4. The number of pyridine rings is 1. The van der Waals surface area contributed by atoms with Crippen LogP contribution in [0.25, 0.3) is 0 Å². The Morgan fingerprint density at radius 1 is 1.03 bits per heavy atom. The molecule has 0 radical (unpaired) electrons. The van der Waals surface area contributed by atoms with Gasteiger partial charge < -0.3 is 24.8 Å². The number of guanidine groups is 1. The second-order valence-corrected chi connectivity index (χ2v) is 8.06. The third-order valence-corrected chi connectivity index (χ3v) is 5.98. The summed E-state index contributed by atoms with van der Waals surface area (Å²) in [5.41, 5.74) is 2.43. The van der Waals surface area contributed by atoms with Gasteiger partial charge >= 0.3 is 0 Å². The van der Waals surface area contributed by atoms with Crippen LogP contribution in [0.2, 0.25) is 0 Å². The maximum absolute atomic E-state index is 5.38. The van der Waals surface area contributed by atoms with Crippen molar-refractivity contribution in [1.29, 1.82) is 0 Å². The molecule has 0 spiro atoms. The first kappa shape index (κ1) is 24.4. The van der Waals surface area contributed by atoms with Crippen molar-refractivity contribution in [3.05, 3.63) is 48.2 Å². The van der Waals surface area contributed by atoms with E-state index < -0.39 is 0 Å². The molecule has 3 heterocycles. The molecular weight excluding hydrogens is 515 g/mol. The molecule has 2 aromatic rings. The van der Waals surface area contributed by atoms with Crippen LogP contribution in [-0.4, -0.2) is 68.8 Å². The molecule has 2 saturated heterocycles. The number of methoxy groups -OCH3 is 1. The largest absolute Gasteiger partial charge is 0.497 e. The van der Waals surface area contributed by atoms with Gasteiger partial charge in [-0.3, -0.25) is 0 Å². The molecular formula is C24H35IN6O. The number of ether oxygens (including phenoxy) is 1. The van der Waals surface area contributed by atoms with E-state index in [2.05, 4.69) is 62.3 Å². The van der Waals surface area contributed by atoms with E-state index in [0.717, 1.165) is 63.3 Å². The molecule has 4 rings (SSSR count). The van der Waals surface area contributed by atoms with Crippen LogP contribution in [0.3, 0.4) is 0 Å². The van der Waals surface area contributed by atoms with Crippen molar-refractivity contribution in [3.63, 3.8) is 0 Å². The lowest BCUT2D eigenvalue weighted by Crippen LogP contribution is -2.52. The lowest BCUT2D eigenvalue weighted by Gasteiger charge is -2.37. The van der Waals surface area contributed by atoms with Crippen molar-refractivity contribution in [3.8, 4) is 5.75 Å². The molecule has 0 amide bonds. The molecule has 1 aromatic carbocycles. The number of hydrogen-bond donors (Lipinski definition) is 1. The first-order chi connectivity index (χ1) is 15.3. The van der Waals surface area contributed by atoms with Crippen LogP contribution in [0.5, 0.6) is 5.75 Å². The van der Waals surface area contributed by atoms with Gasteiger partial charge in [-0.2, -0.15) is 0 Å². The maximum Gasteiger partial charge on any atom is 0.194 e. The molecule has 2 fully saturated rings. The van der Waals surface area contributed by atoms with Gasteiger partial charge in [0.25, 0.3) is 0 Å². The summed E-state index contributed by atoms with van der Waals surface area (Å²) in [5, 5.41) is 3.48. The number of aromatic nitrogens is 1. The fraction of sp³-hybridized carbons (Fsp3) is 0.500. The standard InChI is InChI=1S/C24H34N6O.HI/c1-3-25-24(27-19-20-9-10-26-23(17-20)29-11-4-5-12-29)30-15-13-28(14-16-30)21-7-6-8-22(18-21)31-2;/h6-10,17-18H,3-5,11-16,19H2,1-2H3,(H,25,27);1H. The summed E-state index contributed by atoms with van der Waals surface area (Å²) < 4.78 is 5.38. The average Bonchev–Trinajstić information content (AvgIpc) is 3.37. The van der Waals surface area contributed by atoms with E-state index in [1.54, 1.807) is 7.11 Å². The van der Waals surface area contributed by atoms with Crippen molar-refractivity contribution in [1.82, 2.24) is 15.2 Å². The minimum atomic E-state index is 0. The number of halogens is 1. The number of rotatable bonds is 6. The molecule has 2 aliphatic heterocycles. The lowest BCUT2D eigenvalue weighted by atomic mass is 10.2. The van der Waals surface area contributed by atoms with E-state index in [9.17, 15) is 0 Å². The normalized spacial score (nSPS) is 16.7. The Balaban J connectivity index is 0.00000289. The Morgan fingerprint density at radius 2 is 1.81 bits per heavy atom. The van der Waals surface area contributed by atoms with Gasteiger partial charge in [0.1, 0.15) is 11.6 Å². The molecule has 1 N–H and O–H groups in total. The van der Waals surface area contributed by atoms with E-state index in [4.69, 9.17) is 9.73 Å². The van der Waals surface area contributed by atoms with Crippen molar-refractivity contribution >= 4 is 41.4 Å². The zero-order valence-electron chi connectivity index (χ0n) is 19.2. The van der Waals surface area contributed by atoms with E-state index in [-0.39, 0.29) is 24.0 Å². The quantitative estimate of drug-likeness (QED) is 0.337. The summed E-state index contributed by atoms with van der Waals surface area (Å²) in [4.78, 5) is 16.7. The monoisotopic (exact) mass is 550 g/mol. The van der Waals surface area contributed by atoms with Crippen molar-refractivity contribution in [2.24, 2.45) is 4.99 Å². The Hall–Kier alpha value is -2.23. The van der Waals surface area contributed by atoms with Crippen LogP contribution < -0.4 is 19.9 Å². The highest BCUT2D eigenvalue weighted by Gasteiger charge is 2.20. The van der Waals surface area contributed by atoms with Crippen LogP contribution in [0.4, 0.5) is 11.5 Å². The Labute approximate surface area is 208 Å². The maximum atomic E-state index is 5.38. The third kappa shape index (κ3) is 6.17. The summed E-state index contributed by atoms with van der Waals surface area (Å²) in [5.74, 6) is 2.98. The van der Waals surface area contributed by atoms with Gasteiger partial charge in [-0.25, -0.2) is 9.98 Å². The molecule has 1 aromatic heterocycles. The molecule has 0 atom stereocenters. The fourth-order valence-corrected chi connectivity index (χ4v) is 4.25. The summed E-state index contributed by atoms with van der Waals surface area (Å²) >= 11 is 0. The highest BCUT2D eigenvalue weighted by molar-refractivity contribution is 14.0. The minimum Gasteiger partial charge on any atom is -0.497 e. The van der Waals surface area contributed by atoms with Crippen LogP contribution in [0.1, 0.15) is 25.3 Å². The van der Waals surface area contributed by atoms with Gasteiger partial charge in [0.05, 0.1) is 13.7 Å². The van der Waals surface area contributed by atoms with Gasteiger partial charge in [0.2, 0.25) is 0 Å². The molecule has 2 aliphatic rings. The van der Waals surface area contributed by atoms with Crippen LogP contribution in [0, 0.1) is 0 Å². The van der Waals surface area contributed by atoms with E-state index in [1.807, 2.05) is 12.3 Å². The lowest BCUT2D eigenvalue weighted by molar-refractivity contribution is 0.372. The van der Waals surface area contributed by atoms with Gasteiger partial charge in [-0.15, -0.1) is 24.0 Å². The highest BCUT2D eigenvalue weighted by Crippen LogP contribution is 2.22. The Kier molecular flexibility index (Phi) is 9.25. The number of aliphatic imine (C=N–C) groups is 1. The van der Waals surface area contributed by atoms with E-state index in [1.165, 1.54) is 24.1 Å². The number of benzene rings is 1. The molecule has 0 aliphatic carbocycles. The van der Waals surface area contributed by atoms with E-state index in [0.29, 0.717) is 6.54 Å². The summed E-state index contributed by atoms with van der Waals surface area (Å²) in [6, 6.07) is 12.6. The number of anilines is 2. The number of nitrogens with zero attached hydrogens (tertiary/aromatic N) is 5. The first-order valence-corrected chi connectivity index (χ1v) is 11.4. The zero-order chi connectivity index (χ0) is 21.5. The predicted molar refractivity (Wildman–Crippen MR) is 143 cm³/mol. The fourth-order valence-electron chi connectivity index (χ4n) is 4.25. The second kappa shape index (κ2) is 12.1. The van der Waals surface area contributed by atoms with Crippen LogP contribution in [-0.2, 0) is 6.54 Å². The molecule has 32 heavy (non-hydrogen) atoms. The van der Waals surface area contributed by atoms with Crippen molar-refractivity contribution in [2.45, 2.75) is 26.3 Å². The highest BCUT2D eigenvalue weighted by atomic mass is 127. The molecule has 174 valence electrons. The number of hydrogen-bond acceptors (Lipinski definition) is 5. The molecule has 0 bridgehead atoms. The second-order valence-electron chi connectivity index (χ2n) is 8.06. The third-order valence-electron chi connectivity index (χ3n) is 5.98. The van der Waals surface area contributed by atoms with E-state index >= 15 is 0 Å². The minimum absolute atomic E-state index is 0.